The summed E-state index contributed by atoms with van der Waals surface area (Å²) in [6.45, 7) is 2.75. The molecule has 0 aliphatic carbocycles. The summed E-state index contributed by atoms with van der Waals surface area (Å²) in [4.78, 5) is 1.83. The van der Waals surface area contributed by atoms with Crippen LogP contribution in [0.2, 0.25) is 0 Å². The molecule has 0 N–H and O–H groups in total. The molecule has 1 heterocycles. The smallest absolute Gasteiger partial charge is 0.230 e. The standard InChI is InChI=1S/C19H19F2N3O/c1-13-5-3-4-6-14(13)9-18-22-23-19(25-18)12-24(2)11-15-7-8-16(20)10-17(15)21/h3-8,10H,9,11-12H2,1-2H3. The minimum absolute atomic E-state index is 0.321. The van der Waals surface area contributed by atoms with Gasteiger partial charge in [0.2, 0.25) is 11.8 Å². The minimum atomic E-state index is -0.582. The fraction of sp³-hybridized carbons (Fsp3) is 0.263. The summed E-state index contributed by atoms with van der Waals surface area (Å²) in [5, 5.41) is 8.12. The Kier molecular flexibility index (Phi) is 5.19. The highest BCUT2D eigenvalue weighted by atomic mass is 19.1. The van der Waals surface area contributed by atoms with Gasteiger partial charge >= 0.3 is 0 Å². The van der Waals surface area contributed by atoms with Crippen LogP contribution in [0.3, 0.4) is 0 Å². The van der Waals surface area contributed by atoms with Crippen LogP contribution in [0.4, 0.5) is 8.78 Å². The van der Waals surface area contributed by atoms with Gasteiger partial charge in [-0.2, -0.15) is 0 Å². The molecule has 0 saturated carbocycles. The average molecular weight is 343 g/mol. The number of hydrogen-bond acceptors (Lipinski definition) is 4. The molecule has 0 aliphatic rings. The van der Waals surface area contributed by atoms with E-state index in [2.05, 4.69) is 10.2 Å². The number of benzene rings is 2. The monoisotopic (exact) mass is 343 g/mol. The molecule has 0 atom stereocenters. The molecule has 130 valence electrons. The van der Waals surface area contributed by atoms with Crippen molar-refractivity contribution in [3.8, 4) is 0 Å². The predicted molar refractivity (Wildman–Crippen MR) is 89.8 cm³/mol. The molecule has 6 heteroatoms. The molecular weight excluding hydrogens is 324 g/mol. The first-order chi connectivity index (χ1) is 12.0. The molecule has 0 fully saturated rings. The molecule has 3 rings (SSSR count). The van der Waals surface area contributed by atoms with Gasteiger partial charge < -0.3 is 4.42 Å². The highest BCUT2D eigenvalue weighted by molar-refractivity contribution is 5.27. The highest BCUT2D eigenvalue weighted by Crippen LogP contribution is 2.15. The van der Waals surface area contributed by atoms with Gasteiger partial charge in [0, 0.05) is 18.2 Å². The quantitative estimate of drug-likeness (QED) is 0.681. The third-order valence-corrected chi connectivity index (χ3v) is 3.97. The van der Waals surface area contributed by atoms with Crippen molar-refractivity contribution in [2.45, 2.75) is 26.4 Å². The van der Waals surface area contributed by atoms with Crippen molar-refractivity contribution >= 4 is 0 Å². The Balaban J connectivity index is 1.62. The Labute approximate surface area is 145 Å². The second-order valence-corrected chi connectivity index (χ2v) is 6.10. The van der Waals surface area contributed by atoms with E-state index < -0.39 is 11.6 Å². The van der Waals surface area contributed by atoms with E-state index in [1.807, 2.05) is 43.1 Å². The zero-order chi connectivity index (χ0) is 17.8. The number of hydrogen-bond donors (Lipinski definition) is 0. The third kappa shape index (κ3) is 4.48. The molecule has 0 bridgehead atoms. The molecule has 0 saturated heterocycles. The van der Waals surface area contributed by atoms with Gasteiger partial charge in [0.1, 0.15) is 11.6 Å². The zero-order valence-corrected chi connectivity index (χ0v) is 14.2. The van der Waals surface area contributed by atoms with Gasteiger partial charge in [0.15, 0.2) is 0 Å². The first kappa shape index (κ1) is 17.2. The Morgan fingerprint density at radius 1 is 0.960 bits per heavy atom. The van der Waals surface area contributed by atoms with Crippen LogP contribution in [0.15, 0.2) is 46.9 Å². The molecule has 4 nitrogen and oxygen atoms in total. The summed E-state index contributed by atoms with van der Waals surface area (Å²) in [5.41, 5.74) is 2.73. The Morgan fingerprint density at radius 2 is 1.72 bits per heavy atom. The molecule has 3 aromatic rings. The van der Waals surface area contributed by atoms with Gasteiger partial charge in [-0.1, -0.05) is 30.3 Å². The molecule has 0 unspecified atom stereocenters. The second kappa shape index (κ2) is 7.53. The van der Waals surface area contributed by atoms with Crippen LogP contribution in [0, 0.1) is 18.6 Å². The van der Waals surface area contributed by atoms with Crippen LogP contribution in [-0.4, -0.2) is 22.1 Å². The maximum Gasteiger partial charge on any atom is 0.230 e. The molecule has 1 aromatic heterocycles. The van der Waals surface area contributed by atoms with Crippen LogP contribution >= 0.6 is 0 Å². The number of nitrogens with zero attached hydrogens (tertiary/aromatic N) is 3. The first-order valence-electron chi connectivity index (χ1n) is 7.99. The van der Waals surface area contributed by atoms with Crippen molar-refractivity contribution in [2.75, 3.05) is 7.05 Å². The van der Waals surface area contributed by atoms with Crippen LogP contribution in [0.25, 0.3) is 0 Å². The lowest BCUT2D eigenvalue weighted by molar-refractivity contribution is 0.274. The summed E-state index contributed by atoms with van der Waals surface area (Å²) in [6.07, 6.45) is 0.579. The molecule has 0 radical (unpaired) electrons. The molecule has 25 heavy (non-hydrogen) atoms. The van der Waals surface area contributed by atoms with E-state index in [0.717, 1.165) is 11.6 Å². The third-order valence-electron chi connectivity index (χ3n) is 3.97. The molecule has 2 aromatic carbocycles. The fourth-order valence-electron chi connectivity index (χ4n) is 2.62. The average Bonchev–Trinajstić information content (AvgIpc) is 2.99. The second-order valence-electron chi connectivity index (χ2n) is 6.10. The Bertz CT molecular complexity index is 863. The summed E-state index contributed by atoms with van der Waals surface area (Å²) in [6, 6.07) is 11.6. The molecule has 0 spiro atoms. The van der Waals surface area contributed by atoms with Crippen molar-refractivity contribution in [1.82, 2.24) is 15.1 Å². The number of halogens is 2. The lowest BCUT2D eigenvalue weighted by atomic mass is 10.1. The van der Waals surface area contributed by atoms with Gasteiger partial charge in [-0.25, -0.2) is 8.78 Å². The van der Waals surface area contributed by atoms with Gasteiger partial charge in [0.05, 0.1) is 13.0 Å². The van der Waals surface area contributed by atoms with Crippen molar-refractivity contribution in [3.63, 3.8) is 0 Å². The largest absolute Gasteiger partial charge is 0.424 e. The van der Waals surface area contributed by atoms with Crippen molar-refractivity contribution in [1.29, 1.82) is 0 Å². The Morgan fingerprint density at radius 3 is 2.48 bits per heavy atom. The SMILES string of the molecule is Cc1ccccc1Cc1nnc(CN(C)Cc2ccc(F)cc2F)o1. The number of aromatic nitrogens is 2. The Hall–Kier alpha value is -2.60. The fourth-order valence-corrected chi connectivity index (χ4v) is 2.62. The summed E-state index contributed by atoms with van der Waals surface area (Å²) in [5.74, 6) is -0.126. The van der Waals surface area contributed by atoms with Crippen LogP contribution < -0.4 is 0 Å². The maximum atomic E-state index is 13.7. The van der Waals surface area contributed by atoms with Gasteiger partial charge in [-0.05, 0) is 31.2 Å². The van der Waals surface area contributed by atoms with Gasteiger partial charge in [-0.3, -0.25) is 4.90 Å². The summed E-state index contributed by atoms with van der Waals surface area (Å²) >= 11 is 0. The molecule has 0 amide bonds. The lowest BCUT2D eigenvalue weighted by Gasteiger charge is -2.14. The topological polar surface area (TPSA) is 42.2 Å². The predicted octanol–water partition coefficient (Wildman–Crippen LogP) is 3.88. The maximum absolute atomic E-state index is 13.7. The summed E-state index contributed by atoms with van der Waals surface area (Å²) in [7, 11) is 1.81. The van der Waals surface area contributed by atoms with E-state index in [1.54, 1.807) is 0 Å². The van der Waals surface area contributed by atoms with Gasteiger partial charge in [-0.15, -0.1) is 10.2 Å². The van der Waals surface area contributed by atoms with E-state index in [0.29, 0.717) is 36.9 Å². The highest BCUT2D eigenvalue weighted by Gasteiger charge is 2.12. The van der Waals surface area contributed by atoms with E-state index in [1.165, 1.54) is 17.7 Å². The first-order valence-corrected chi connectivity index (χ1v) is 7.99. The van der Waals surface area contributed by atoms with E-state index in [9.17, 15) is 8.78 Å². The summed E-state index contributed by atoms with van der Waals surface area (Å²) < 4.78 is 32.4. The molecule has 0 aliphatic heterocycles. The lowest BCUT2D eigenvalue weighted by Crippen LogP contribution is -2.18. The van der Waals surface area contributed by atoms with Gasteiger partial charge in [0.25, 0.3) is 0 Å². The van der Waals surface area contributed by atoms with Crippen molar-refractivity contribution in [3.05, 3.63) is 82.6 Å². The number of rotatable bonds is 6. The van der Waals surface area contributed by atoms with Crippen molar-refractivity contribution < 1.29 is 13.2 Å². The van der Waals surface area contributed by atoms with E-state index in [-0.39, 0.29) is 0 Å². The molecular formula is C19H19F2N3O. The normalized spacial score (nSPS) is 11.2. The van der Waals surface area contributed by atoms with Crippen LogP contribution in [0.1, 0.15) is 28.5 Å². The van der Waals surface area contributed by atoms with E-state index >= 15 is 0 Å². The number of aryl methyl sites for hydroxylation is 1. The zero-order valence-electron chi connectivity index (χ0n) is 14.2. The van der Waals surface area contributed by atoms with E-state index in [4.69, 9.17) is 4.42 Å². The van der Waals surface area contributed by atoms with Crippen LogP contribution in [-0.2, 0) is 19.5 Å². The van der Waals surface area contributed by atoms with Crippen LogP contribution in [0.5, 0.6) is 0 Å². The minimum Gasteiger partial charge on any atom is -0.424 e. The van der Waals surface area contributed by atoms with Crippen molar-refractivity contribution in [2.24, 2.45) is 0 Å².